The fourth-order valence-corrected chi connectivity index (χ4v) is 4.81. The van der Waals surface area contributed by atoms with Crippen LogP contribution >= 0.6 is 0 Å². The molecule has 0 radical (unpaired) electrons. The zero-order valence-electron chi connectivity index (χ0n) is 20.7. The number of pyridine rings is 1. The van der Waals surface area contributed by atoms with Crippen molar-refractivity contribution in [3.63, 3.8) is 0 Å². The predicted molar refractivity (Wildman–Crippen MR) is 138 cm³/mol. The van der Waals surface area contributed by atoms with Crippen molar-refractivity contribution in [1.29, 1.82) is 0 Å². The van der Waals surface area contributed by atoms with Crippen molar-refractivity contribution in [3.05, 3.63) is 86.0 Å². The summed E-state index contributed by atoms with van der Waals surface area (Å²) in [7, 11) is 1.62. The maximum absolute atomic E-state index is 13.3. The number of anilines is 1. The van der Waals surface area contributed by atoms with E-state index >= 15 is 0 Å². The number of nitrogens with one attached hydrogen (secondary N) is 1. The van der Waals surface area contributed by atoms with Gasteiger partial charge in [0.1, 0.15) is 6.04 Å². The van der Waals surface area contributed by atoms with Crippen molar-refractivity contribution in [2.45, 2.75) is 19.5 Å². The number of nitro groups is 1. The fraction of sp³-hybridized carbons (Fsp3) is 0.360. The molecule has 1 aliphatic heterocycles. The number of aromatic nitrogens is 5. The molecule has 12 heteroatoms. The number of methoxy groups -OCH3 is 1. The van der Waals surface area contributed by atoms with E-state index in [0.717, 1.165) is 22.2 Å². The molecule has 5 rings (SSSR count). The molecule has 0 aliphatic carbocycles. The lowest BCUT2D eigenvalue weighted by Gasteiger charge is -2.39. The molecule has 37 heavy (non-hydrogen) atoms. The van der Waals surface area contributed by atoms with Gasteiger partial charge in [0.15, 0.2) is 5.82 Å². The SMILES string of the molecule is COCCn1nnnc1C(c1cc2cc(C)ccc2[nH]c1=O)N1CCN(c2ccc([N+](=O)[O-])cc2)CC1. The van der Waals surface area contributed by atoms with E-state index in [1.807, 2.05) is 31.2 Å². The van der Waals surface area contributed by atoms with Gasteiger partial charge in [0.25, 0.3) is 11.2 Å². The molecular formula is C25H28N8O4. The molecule has 0 bridgehead atoms. The average molecular weight is 505 g/mol. The Hall–Kier alpha value is -4.16. The molecule has 1 unspecified atom stereocenters. The number of aryl methyl sites for hydroxylation is 1. The van der Waals surface area contributed by atoms with E-state index in [1.165, 1.54) is 12.1 Å². The number of piperazine rings is 1. The number of nitrogens with zero attached hydrogens (tertiary/aromatic N) is 7. The van der Waals surface area contributed by atoms with Gasteiger partial charge in [-0.05, 0) is 53.1 Å². The summed E-state index contributed by atoms with van der Waals surface area (Å²) in [5, 5.41) is 24.4. The largest absolute Gasteiger partial charge is 0.383 e. The lowest BCUT2D eigenvalue weighted by Crippen LogP contribution is -2.49. The molecule has 12 nitrogen and oxygen atoms in total. The Morgan fingerprint density at radius 2 is 1.86 bits per heavy atom. The van der Waals surface area contributed by atoms with Crippen molar-refractivity contribution in [1.82, 2.24) is 30.1 Å². The first-order valence-electron chi connectivity index (χ1n) is 12.1. The van der Waals surface area contributed by atoms with Crippen molar-refractivity contribution in [2.24, 2.45) is 0 Å². The summed E-state index contributed by atoms with van der Waals surface area (Å²) in [5.41, 5.74) is 3.27. The summed E-state index contributed by atoms with van der Waals surface area (Å²) in [6, 6.07) is 14.0. The van der Waals surface area contributed by atoms with Gasteiger partial charge in [-0.15, -0.1) is 5.10 Å². The first-order valence-corrected chi connectivity index (χ1v) is 12.1. The third-order valence-corrected chi connectivity index (χ3v) is 6.74. The number of hydrogen-bond donors (Lipinski definition) is 1. The molecular weight excluding hydrogens is 476 g/mol. The Balaban J connectivity index is 1.48. The zero-order valence-corrected chi connectivity index (χ0v) is 20.7. The fourth-order valence-electron chi connectivity index (χ4n) is 4.81. The van der Waals surface area contributed by atoms with Crippen molar-refractivity contribution < 1.29 is 9.66 Å². The summed E-state index contributed by atoms with van der Waals surface area (Å²) < 4.78 is 6.93. The van der Waals surface area contributed by atoms with Gasteiger partial charge in [-0.25, -0.2) is 4.68 Å². The summed E-state index contributed by atoms with van der Waals surface area (Å²) in [6.45, 7) is 5.56. The van der Waals surface area contributed by atoms with E-state index in [1.54, 1.807) is 23.9 Å². The molecule has 0 amide bonds. The van der Waals surface area contributed by atoms with E-state index in [-0.39, 0.29) is 11.2 Å². The third-order valence-electron chi connectivity index (χ3n) is 6.74. The standard InChI is InChI=1S/C25H28N8O4/c1-17-3-8-22-18(15-17)16-21(25(34)26-22)23(24-27-28-29-32(24)13-14-37-2)31-11-9-30(10-12-31)19-4-6-20(7-5-19)33(35)36/h3-8,15-16,23H,9-14H2,1-2H3,(H,26,34). The second kappa shape index (κ2) is 10.4. The van der Waals surface area contributed by atoms with Crippen LogP contribution in [0.25, 0.3) is 10.9 Å². The van der Waals surface area contributed by atoms with E-state index in [0.29, 0.717) is 50.7 Å². The molecule has 0 saturated carbocycles. The van der Waals surface area contributed by atoms with Crippen LogP contribution < -0.4 is 10.5 Å². The summed E-state index contributed by atoms with van der Waals surface area (Å²) in [4.78, 5) is 31.4. The molecule has 0 spiro atoms. The molecule has 1 fully saturated rings. The van der Waals surface area contributed by atoms with Crippen molar-refractivity contribution in [3.8, 4) is 0 Å². The quantitative estimate of drug-likeness (QED) is 0.283. The third kappa shape index (κ3) is 5.06. The summed E-state index contributed by atoms with van der Waals surface area (Å²) in [5.74, 6) is 0.582. The highest BCUT2D eigenvalue weighted by Gasteiger charge is 2.32. The number of benzene rings is 2. The lowest BCUT2D eigenvalue weighted by molar-refractivity contribution is -0.384. The Kier molecular flexibility index (Phi) is 6.93. The minimum absolute atomic E-state index is 0.0658. The number of non-ortho nitro benzene ring substituents is 1. The van der Waals surface area contributed by atoms with Crippen LogP contribution in [-0.4, -0.2) is 74.9 Å². The first-order chi connectivity index (χ1) is 17.9. The van der Waals surface area contributed by atoms with Crippen molar-refractivity contribution in [2.75, 3.05) is 44.8 Å². The number of aromatic amines is 1. The number of tetrazole rings is 1. The van der Waals surface area contributed by atoms with Gasteiger partial charge in [-0.3, -0.25) is 19.8 Å². The molecule has 2 aromatic carbocycles. The predicted octanol–water partition coefficient (Wildman–Crippen LogP) is 2.29. The highest BCUT2D eigenvalue weighted by molar-refractivity contribution is 5.79. The molecule has 1 N–H and O–H groups in total. The van der Waals surface area contributed by atoms with Gasteiger partial charge < -0.3 is 14.6 Å². The molecule has 1 aliphatic rings. The average Bonchev–Trinajstić information content (AvgIpc) is 3.36. The number of fused-ring (bicyclic) bond motifs is 1. The Morgan fingerprint density at radius 1 is 1.11 bits per heavy atom. The molecule has 1 saturated heterocycles. The minimum Gasteiger partial charge on any atom is -0.383 e. The number of H-pyrrole nitrogens is 1. The molecule has 2 aromatic heterocycles. The van der Waals surface area contributed by atoms with Gasteiger partial charge in [-0.1, -0.05) is 11.6 Å². The lowest BCUT2D eigenvalue weighted by atomic mass is 10.0. The maximum atomic E-state index is 13.3. The van der Waals surface area contributed by atoms with E-state index in [4.69, 9.17) is 4.74 Å². The second-order valence-corrected chi connectivity index (χ2v) is 9.10. The van der Waals surface area contributed by atoms with Gasteiger partial charge in [0.2, 0.25) is 0 Å². The monoisotopic (exact) mass is 504 g/mol. The van der Waals surface area contributed by atoms with Crippen LogP contribution in [0.5, 0.6) is 0 Å². The zero-order chi connectivity index (χ0) is 25.9. The highest BCUT2D eigenvalue weighted by Crippen LogP contribution is 2.29. The normalized spacial score (nSPS) is 15.2. The van der Waals surface area contributed by atoms with Gasteiger partial charge in [0, 0.05) is 62.2 Å². The van der Waals surface area contributed by atoms with E-state index in [9.17, 15) is 14.9 Å². The van der Waals surface area contributed by atoms with E-state index < -0.39 is 11.0 Å². The molecule has 1 atom stereocenters. The first kappa shape index (κ1) is 24.5. The van der Waals surface area contributed by atoms with Crippen LogP contribution in [0.2, 0.25) is 0 Å². The molecule has 4 aromatic rings. The highest BCUT2D eigenvalue weighted by atomic mass is 16.6. The number of hydrogen-bond acceptors (Lipinski definition) is 9. The number of ether oxygens (including phenoxy) is 1. The van der Waals surface area contributed by atoms with Crippen molar-refractivity contribution >= 4 is 22.3 Å². The topological polar surface area (TPSA) is 135 Å². The smallest absolute Gasteiger partial charge is 0.269 e. The molecule has 192 valence electrons. The second-order valence-electron chi connectivity index (χ2n) is 9.10. The van der Waals surface area contributed by atoms with E-state index in [2.05, 4.69) is 30.3 Å². The Bertz CT molecular complexity index is 1460. The van der Waals surface area contributed by atoms with Crippen LogP contribution in [0.3, 0.4) is 0 Å². The van der Waals surface area contributed by atoms with Gasteiger partial charge in [0.05, 0.1) is 18.1 Å². The maximum Gasteiger partial charge on any atom is 0.269 e. The van der Waals surface area contributed by atoms with Gasteiger partial charge >= 0.3 is 0 Å². The van der Waals surface area contributed by atoms with Crippen LogP contribution in [0.4, 0.5) is 11.4 Å². The Labute approximate surface area is 212 Å². The Morgan fingerprint density at radius 3 is 2.57 bits per heavy atom. The van der Waals surface area contributed by atoms with Gasteiger partial charge in [-0.2, -0.15) is 0 Å². The van der Waals surface area contributed by atoms with Crippen LogP contribution in [0.15, 0.2) is 53.3 Å². The number of rotatable bonds is 8. The summed E-state index contributed by atoms with van der Waals surface area (Å²) in [6.07, 6.45) is 0. The number of nitro benzene ring substituents is 1. The van der Waals surface area contributed by atoms with Crippen LogP contribution in [0, 0.1) is 17.0 Å². The summed E-state index contributed by atoms with van der Waals surface area (Å²) >= 11 is 0. The van der Waals surface area contributed by atoms with Crippen LogP contribution in [0.1, 0.15) is 23.0 Å². The molecule has 3 heterocycles. The van der Waals surface area contributed by atoms with Crippen LogP contribution in [-0.2, 0) is 11.3 Å². The minimum atomic E-state index is -0.459.